The van der Waals surface area contributed by atoms with Crippen LogP contribution < -0.4 is 5.32 Å². The molecule has 0 amide bonds. The smallest absolute Gasteiger partial charge is 0.0496 e. The van der Waals surface area contributed by atoms with Gasteiger partial charge in [0.25, 0.3) is 0 Å². The number of hydrogen-bond donors (Lipinski definition) is 1. The normalized spacial score (nSPS) is 19.2. The van der Waals surface area contributed by atoms with Crippen LogP contribution in [-0.4, -0.2) is 7.05 Å². The van der Waals surface area contributed by atoms with Gasteiger partial charge in [-0.25, -0.2) is 0 Å². The molecule has 1 aliphatic carbocycles. The molecule has 2 unspecified atom stereocenters. The third-order valence-electron chi connectivity index (χ3n) is 3.73. The van der Waals surface area contributed by atoms with E-state index in [0.717, 1.165) is 0 Å². The average molecular weight is 322 g/mol. The van der Waals surface area contributed by atoms with Crippen molar-refractivity contribution in [2.24, 2.45) is 0 Å². The van der Waals surface area contributed by atoms with E-state index in [9.17, 15) is 0 Å². The van der Waals surface area contributed by atoms with Gasteiger partial charge < -0.3 is 5.32 Å². The molecular formula is C15H16BrNS. The predicted octanol–water partition coefficient (Wildman–Crippen LogP) is 4.42. The fourth-order valence-corrected chi connectivity index (χ4v) is 4.90. The minimum absolute atomic E-state index is 0.424. The van der Waals surface area contributed by atoms with Crippen LogP contribution in [0.5, 0.6) is 0 Å². The molecule has 0 saturated carbocycles. The zero-order valence-electron chi connectivity index (χ0n) is 10.5. The summed E-state index contributed by atoms with van der Waals surface area (Å²) < 4.78 is 1.24. The van der Waals surface area contributed by atoms with Gasteiger partial charge in [0.15, 0.2) is 0 Å². The lowest BCUT2D eigenvalue weighted by Gasteiger charge is -2.36. The van der Waals surface area contributed by atoms with Gasteiger partial charge in [0.1, 0.15) is 0 Å². The largest absolute Gasteiger partial charge is 0.312 e. The van der Waals surface area contributed by atoms with Gasteiger partial charge in [-0.05, 0) is 53.5 Å². The SMILES string of the molecule is CNC(c1sc(C)cc1Br)C1Cc2ccccc21. The van der Waals surface area contributed by atoms with Crippen molar-refractivity contribution in [1.82, 2.24) is 5.32 Å². The summed E-state index contributed by atoms with van der Waals surface area (Å²) in [6.45, 7) is 2.17. The molecule has 1 aromatic carbocycles. The van der Waals surface area contributed by atoms with E-state index < -0.39 is 0 Å². The van der Waals surface area contributed by atoms with E-state index in [0.29, 0.717) is 12.0 Å². The first-order chi connectivity index (χ1) is 8.70. The summed E-state index contributed by atoms with van der Waals surface area (Å²) in [6.07, 6.45) is 1.19. The van der Waals surface area contributed by atoms with Gasteiger partial charge >= 0.3 is 0 Å². The molecule has 2 aromatic rings. The Labute approximate surface area is 120 Å². The third kappa shape index (κ3) is 1.94. The molecule has 3 rings (SSSR count). The highest BCUT2D eigenvalue weighted by atomic mass is 79.9. The molecule has 0 radical (unpaired) electrons. The molecule has 1 aromatic heterocycles. The average Bonchev–Trinajstić information content (AvgIpc) is 2.65. The molecule has 0 spiro atoms. The van der Waals surface area contributed by atoms with Gasteiger partial charge in [0.2, 0.25) is 0 Å². The molecule has 0 saturated heterocycles. The predicted molar refractivity (Wildman–Crippen MR) is 81.4 cm³/mol. The van der Waals surface area contributed by atoms with Gasteiger partial charge in [-0.1, -0.05) is 24.3 Å². The summed E-state index contributed by atoms with van der Waals surface area (Å²) in [7, 11) is 2.06. The molecule has 1 aliphatic rings. The summed E-state index contributed by atoms with van der Waals surface area (Å²) in [5, 5.41) is 3.50. The monoisotopic (exact) mass is 321 g/mol. The molecule has 18 heavy (non-hydrogen) atoms. The minimum Gasteiger partial charge on any atom is -0.312 e. The number of halogens is 1. The highest BCUT2D eigenvalue weighted by molar-refractivity contribution is 9.10. The molecule has 0 fully saturated rings. The fourth-order valence-electron chi connectivity index (χ4n) is 2.82. The minimum atomic E-state index is 0.424. The van der Waals surface area contributed by atoms with Crippen LogP contribution in [0.2, 0.25) is 0 Å². The molecule has 0 bridgehead atoms. The third-order valence-corrected chi connectivity index (χ3v) is 5.78. The molecular weight excluding hydrogens is 306 g/mol. The van der Waals surface area contributed by atoms with Gasteiger partial charge in [0.05, 0.1) is 0 Å². The van der Waals surface area contributed by atoms with E-state index in [-0.39, 0.29) is 0 Å². The molecule has 1 heterocycles. The summed E-state index contributed by atoms with van der Waals surface area (Å²) in [6, 6.07) is 11.4. The van der Waals surface area contributed by atoms with Gasteiger partial charge in [-0.3, -0.25) is 0 Å². The molecule has 1 N–H and O–H groups in total. The quantitative estimate of drug-likeness (QED) is 0.882. The number of aryl methyl sites for hydroxylation is 1. The van der Waals surface area contributed by atoms with Crippen LogP contribution in [0.25, 0.3) is 0 Å². The first-order valence-electron chi connectivity index (χ1n) is 6.21. The summed E-state index contributed by atoms with van der Waals surface area (Å²) in [5.74, 6) is 0.612. The second-order valence-electron chi connectivity index (χ2n) is 4.85. The Kier molecular flexibility index (Phi) is 3.31. The molecule has 2 atom stereocenters. The second-order valence-corrected chi connectivity index (χ2v) is 6.99. The number of nitrogens with one attached hydrogen (secondary N) is 1. The Hall–Kier alpha value is -0.640. The lowest BCUT2D eigenvalue weighted by Crippen LogP contribution is -2.30. The lowest BCUT2D eigenvalue weighted by atomic mass is 9.73. The van der Waals surface area contributed by atoms with Crippen molar-refractivity contribution in [3.63, 3.8) is 0 Å². The lowest BCUT2D eigenvalue weighted by molar-refractivity contribution is 0.443. The van der Waals surface area contributed by atoms with E-state index in [1.54, 1.807) is 0 Å². The van der Waals surface area contributed by atoms with Crippen molar-refractivity contribution in [3.05, 3.63) is 55.7 Å². The second kappa shape index (κ2) is 4.80. The van der Waals surface area contributed by atoms with Gasteiger partial charge in [0, 0.05) is 26.2 Å². The maximum Gasteiger partial charge on any atom is 0.0496 e. The van der Waals surface area contributed by atoms with Crippen LogP contribution in [0.1, 0.15) is 32.8 Å². The van der Waals surface area contributed by atoms with E-state index in [2.05, 4.69) is 65.5 Å². The Bertz CT molecular complexity index is 576. The van der Waals surface area contributed by atoms with E-state index in [4.69, 9.17) is 0 Å². The highest BCUT2D eigenvalue weighted by Gasteiger charge is 2.34. The molecule has 94 valence electrons. The first-order valence-corrected chi connectivity index (χ1v) is 7.82. The Balaban J connectivity index is 1.94. The summed E-state index contributed by atoms with van der Waals surface area (Å²) in [5.41, 5.74) is 3.02. The number of thiophene rings is 1. The Morgan fingerprint density at radius 2 is 2.17 bits per heavy atom. The van der Waals surface area contributed by atoms with E-state index >= 15 is 0 Å². The highest BCUT2D eigenvalue weighted by Crippen LogP contribution is 2.46. The van der Waals surface area contributed by atoms with Crippen molar-refractivity contribution < 1.29 is 0 Å². The van der Waals surface area contributed by atoms with Gasteiger partial charge in [-0.2, -0.15) is 0 Å². The number of hydrogen-bond acceptors (Lipinski definition) is 2. The number of benzene rings is 1. The maximum absolute atomic E-state index is 3.69. The summed E-state index contributed by atoms with van der Waals surface area (Å²) >= 11 is 5.58. The fraction of sp³-hybridized carbons (Fsp3) is 0.333. The topological polar surface area (TPSA) is 12.0 Å². The molecule has 0 aliphatic heterocycles. The number of fused-ring (bicyclic) bond motifs is 1. The van der Waals surface area contributed by atoms with Crippen LogP contribution in [0, 0.1) is 6.92 Å². The van der Waals surface area contributed by atoms with Crippen molar-refractivity contribution >= 4 is 27.3 Å². The number of rotatable bonds is 3. The van der Waals surface area contributed by atoms with Crippen molar-refractivity contribution in [3.8, 4) is 0 Å². The van der Waals surface area contributed by atoms with Crippen LogP contribution in [0.4, 0.5) is 0 Å². The molecule has 1 nitrogen and oxygen atoms in total. The van der Waals surface area contributed by atoms with E-state index in [1.165, 1.54) is 31.8 Å². The van der Waals surface area contributed by atoms with Crippen molar-refractivity contribution in [2.75, 3.05) is 7.05 Å². The van der Waals surface area contributed by atoms with Gasteiger partial charge in [-0.15, -0.1) is 11.3 Å². The maximum atomic E-state index is 3.69. The van der Waals surface area contributed by atoms with Crippen molar-refractivity contribution in [1.29, 1.82) is 0 Å². The first kappa shape index (κ1) is 12.4. The van der Waals surface area contributed by atoms with Crippen LogP contribution in [0.15, 0.2) is 34.8 Å². The van der Waals surface area contributed by atoms with Crippen molar-refractivity contribution in [2.45, 2.75) is 25.3 Å². The van der Waals surface area contributed by atoms with Crippen LogP contribution >= 0.6 is 27.3 Å². The number of likely N-dealkylation sites (N-methyl/N-ethyl adjacent to an activating group) is 1. The zero-order chi connectivity index (χ0) is 12.7. The van der Waals surface area contributed by atoms with Crippen LogP contribution in [-0.2, 0) is 6.42 Å². The van der Waals surface area contributed by atoms with E-state index in [1.807, 2.05) is 11.3 Å². The zero-order valence-corrected chi connectivity index (χ0v) is 12.9. The molecule has 3 heteroatoms. The standard InChI is InChI=1S/C15H16BrNS/c1-9-7-13(16)15(18-9)14(17-2)12-8-10-5-3-4-6-11(10)12/h3-7,12,14,17H,8H2,1-2H3. The summed E-state index contributed by atoms with van der Waals surface area (Å²) in [4.78, 5) is 2.79. The Morgan fingerprint density at radius 1 is 1.39 bits per heavy atom. The Morgan fingerprint density at radius 3 is 2.78 bits per heavy atom. The van der Waals surface area contributed by atoms with Crippen LogP contribution in [0.3, 0.4) is 0 Å².